The van der Waals surface area contributed by atoms with Crippen LogP contribution in [0.2, 0.25) is 5.02 Å². The van der Waals surface area contributed by atoms with Crippen molar-refractivity contribution in [2.45, 2.75) is 25.6 Å². The van der Waals surface area contributed by atoms with Crippen LogP contribution >= 0.6 is 22.9 Å². The molecular weight excluding hydrogens is 517 g/mol. The van der Waals surface area contributed by atoms with Crippen LogP contribution in [0.3, 0.4) is 0 Å². The molecule has 2 heterocycles. The van der Waals surface area contributed by atoms with E-state index < -0.39 is 34.5 Å². The van der Waals surface area contributed by atoms with Gasteiger partial charge in [0.2, 0.25) is 0 Å². The minimum atomic E-state index is -4.65. The van der Waals surface area contributed by atoms with Crippen LogP contribution in [0.15, 0.2) is 30.5 Å². The minimum Gasteiger partial charge on any atom is -0.372 e. The van der Waals surface area contributed by atoms with Gasteiger partial charge in [0.15, 0.2) is 5.13 Å². The smallest absolute Gasteiger partial charge is 0.372 e. The number of hydrogen-bond acceptors (Lipinski definition) is 6. The van der Waals surface area contributed by atoms with Gasteiger partial charge >= 0.3 is 6.18 Å². The molecule has 34 heavy (non-hydrogen) atoms. The number of nitrogens with zero attached hydrogens (tertiary/aromatic N) is 2. The molecule has 2 aromatic carbocycles. The van der Waals surface area contributed by atoms with Gasteiger partial charge in [-0.15, -0.1) is 0 Å². The third-order valence-electron chi connectivity index (χ3n) is 4.80. The second-order valence-corrected chi connectivity index (χ2v) is 9.81. The van der Waals surface area contributed by atoms with E-state index in [2.05, 4.69) is 30.5 Å². The third kappa shape index (κ3) is 4.80. The van der Waals surface area contributed by atoms with Gasteiger partial charge in [-0.1, -0.05) is 22.9 Å². The fraction of sp³-hybridized carbons (Fsp3) is 0.211. The standard InChI is InChI=1S/C19H16ClF3N6O3S2/c1-18(2,27-8-3-4-11(20)13(5-8)29-34(31)32)16(30)26-17-25-14-10(19(21,22)23)6-12-9(7-24-28-12)15(14)33-17/h3-7,27,29H,1-2H3,(H,24,28)(H,31,32)(H,25,26,30). The van der Waals surface area contributed by atoms with Crippen LogP contribution in [0.25, 0.3) is 21.1 Å². The number of fused-ring (bicyclic) bond motifs is 3. The minimum absolute atomic E-state index is 0.0109. The summed E-state index contributed by atoms with van der Waals surface area (Å²) in [5.41, 5.74) is -1.69. The van der Waals surface area contributed by atoms with Crippen molar-refractivity contribution in [3.63, 3.8) is 0 Å². The monoisotopic (exact) mass is 532 g/mol. The SMILES string of the molecule is CC(C)(Nc1ccc(Cl)c(NS(=O)O)c1)C(=O)Nc1nc2c(C(F)(F)F)cc3[nH]ncc3c2s1. The molecule has 0 spiro atoms. The molecule has 0 fully saturated rings. The van der Waals surface area contributed by atoms with E-state index in [4.69, 9.17) is 16.2 Å². The van der Waals surface area contributed by atoms with Gasteiger partial charge in [0.25, 0.3) is 17.2 Å². The van der Waals surface area contributed by atoms with Crippen LogP contribution in [0, 0.1) is 0 Å². The number of thiazole rings is 1. The van der Waals surface area contributed by atoms with Crippen molar-refractivity contribution < 1.29 is 26.7 Å². The summed E-state index contributed by atoms with van der Waals surface area (Å²) in [5.74, 6) is -0.571. The number of rotatable bonds is 6. The van der Waals surface area contributed by atoms with Crippen LogP contribution in [0.5, 0.6) is 0 Å². The molecule has 1 unspecified atom stereocenters. The van der Waals surface area contributed by atoms with Gasteiger partial charge in [-0.2, -0.15) is 18.3 Å². The maximum Gasteiger partial charge on any atom is 0.418 e. The number of carbonyl (C=O) groups excluding carboxylic acids is 1. The molecular formula is C19H16ClF3N6O3S2. The van der Waals surface area contributed by atoms with Crippen LogP contribution in [-0.2, 0) is 22.2 Å². The van der Waals surface area contributed by atoms with E-state index in [-0.39, 0.29) is 31.6 Å². The number of benzene rings is 2. The number of anilines is 3. The lowest BCUT2D eigenvalue weighted by molar-refractivity contribution is -0.136. The summed E-state index contributed by atoms with van der Waals surface area (Å²) in [4.78, 5) is 17.0. The quantitative estimate of drug-likeness (QED) is 0.216. The zero-order chi connectivity index (χ0) is 24.8. The number of amides is 1. The van der Waals surface area contributed by atoms with Gasteiger partial charge in [0.05, 0.1) is 38.2 Å². The van der Waals surface area contributed by atoms with Crippen LogP contribution in [-0.4, -0.2) is 35.4 Å². The molecule has 0 bridgehead atoms. The zero-order valence-corrected chi connectivity index (χ0v) is 19.8. The average Bonchev–Trinajstić information content (AvgIpc) is 3.34. The van der Waals surface area contributed by atoms with Crippen molar-refractivity contribution in [1.29, 1.82) is 0 Å². The van der Waals surface area contributed by atoms with E-state index in [0.29, 0.717) is 11.1 Å². The van der Waals surface area contributed by atoms with E-state index in [9.17, 15) is 22.2 Å². The summed E-state index contributed by atoms with van der Waals surface area (Å²) < 4.78 is 63.3. The third-order valence-corrected chi connectivity index (χ3v) is 6.53. The first-order chi connectivity index (χ1) is 15.8. The second-order valence-electron chi connectivity index (χ2n) is 7.70. The molecule has 0 radical (unpaired) electrons. The molecule has 9 nitrogen and oxygen atoms in total. The van der Waals surface area contributed by atoms with Crippen molar-refractivity contribution >= 4 is 77.7 Å². The highest BCUT2D eigenvalue weighted by Crippen LogP contribution is 2.41. The van der Waals surface area contributed by atoms with Crippen molar-refractivity contribution in [2.24, 2.45) is 0 Å². The first-order valence-corrected chi connectivity index (χ1v) is 11.8. The fourth-order valence-electron chi connectivity index (χ4n) is 3.20. The molecule has 0 saturated carbocycles. The second kappa shape index (κ2) is 8.69. The van der Waals surface area contributed by atoms with E-state index in [0.717, 1.165) is 17.4 Å². The Bertz CT molecular complexity index is 1440. The lowest BCUT2D eigenvalue weighted by Gasteiger charge is -2.26. The number of alkyl halides is 3. The number of nitrogens with one attached hydrogen (secondary N) is 4. The fourth-order valence-corrected chi connectivity index (χ4v) is 4.78. The summed E-state index contributed by atoms with van der Waals surface area (Å²) in [6.07, 6.45) is -3.25. The highest BCUT2D eigenvalue weighted by molar-refractivity contribution is 7.80. The number of hydrogen-bond donors (Lipinski definition) is 5. The molecule has 0 aliphatic carbocycles. The Hall–Kier alpha value is -2.94. The van der Waals surface area contributed by atoms with E-state index in [1.165, 1.54) is 18.3 Å². The Labute approximate surface area is 201 Å². The molecule has 5 N–H and O–H groups in total. The number of aromatic nitrogens is 3. The highest BCUT2D eigenvalue weighted by atomic mass is 35.5. The molecule has 180 valence electrons. The Balaban J connectivity index is 1.62. The summed E-state index contributed by atoms with van der Waals surface area (Å²) in [5, 5.41) is 12.5. The summed E-state index contributed by atoms with van der Waals surface area (Å²) in [6, 6.07) is 5.41. The maximum absolute atomic E-state index is 13.6. The van der Waals surface area contributed by atoms with Crippen molar-refractivity contribution in [2.75, 3.05) is 15.4 Å². The first kappa shape index (κ1) is 24.2. The predicted molar refractivity (Wildman–Crippen MR) is 126 cm³/mol. The highest BCUT2D eigenvalue weighted by Gasteiger charge is 2.36. The summed E-state index contributed by atoms with van der Waals surface area (Å²) in [7, 11) is 0. The zero-order valence-electron chi connectivity index (χ0n) is 17.4. The van der Waals surface area contributed by atoms with Gasteiger partial charge in [-0.05, 0) is 38.1 Å². The summed E-state index contributed by atoms with van der Waals surface area (Å²) in [6.45, 7) is 3.11. The van der Waals surface area contributed by atoms with E-state index in [1.807, 2.05) is 0 Å². The average molecular weight is 533 g/mol. The van der Waals surface area contributed by atoms with E-state index in [1.54, 1.807) is 19.9 Å². The topological polar surface area (TPSA) is 132 Å². The van der Waals surface area contributed by atoms with Crippen molar-refractivity contribution in [1.82, 2.24) is 15.2 Å². The van der Waals surface area contributed by atoms with Crippen LogP contribution in [0.1, 0.15) is 19.4 Å². The Morgan fingerprint density at radius 2 is 2.00 bits per heavy atom. The lowest BCUT2D eigenvalue weighted by Crippen LogP contribution is -2.44. The first-order valence-electron chi connectivity index (χ1n) is 9.45. The predicted octanol–water partition coefficient (Wildman–Crippen LogP) is 5.22. The number of H-pyrrole nitrogens is 1. The maximum atomic E-state index is 13.6. The Morgan fingerprint density at radius 3 is 2.68 bits per heavy atom. The van der Waals surface area contributed by atoms with Crippen molar-refractivity contribution in [3.8, 4) is 0 Å². The Kier molecular flexibility index (Phi) is 6.18. The van der Waals surface area contributed by atoms with Gasteiger partial charge in [0.1, 0.15) is 5.54 Å². The number of halogens is 4. The molecule has 0 aliphatic heterocycles. The van der Waals surface area contributed by atoms with Gasteiger partial charge < -0.3 is 5.32 Å². The molecule has 2 aromatic heterocycles. The van der Waals surface area contributed by atoms with Crippen molar-refractivity contribution in [3.05, 3.63) is 41.0 Å². The normalized spacial score (nSPS) is 13.3. The summed E-state index contributed by atoms with van der Waals surface area (Å²) >= 11 is 4.54. The molecule has 0 saturated heterocycles. The van der Waals surface area contributed by atoms with Gasteiger partial charge in [-0.3, -0.25) is 24.5 Å². The number of aromatic amines is 1. The van der Waals surface area contributed by atoms with Crippen LogP contribution in [0.4, 0.5) is 29.7 Å². The largest absolute Gasteiger partial charge is 0.418 e. The Morgan fingerprint density at radius 1 is 1.26 bits per heavy atom. The molecule has 15 heteroatoms. The molecule has 4 rings (SSSR count). The molecule has 1 amide bonds. The van der Waals surface area contributed by atoms with Gasteiger partial charge in [-0.25, -0.2) is 9.19 Å². The number of carbonyl (C=O) groups is 1. The van der Waals surface area contributed by atoms with E-state index >= 15 is 0 Å². The van der Waals surface area contributed by atoms with Crippen LogP contribution < -0.4 is 15.4 Å². The molecule has 1 atom stereocenters. The molecule has 0 aliphatic rings. The lowest BCUT2D eigenvalue weighted by atomic mass is 10.0. The van der Waals surface area contributed by atoms with Gasteiger partial charge in [0, 0.05) is 11.1 Å². The molecule has 4 aromatic rings.